The summed E-state index contributed by atoms with van der Waals surface area (Å²) in [5, 5.41) is 4.32. The van der Waals surface area contributed by atoms with Crippen molar-refractivity contribution in [3.8, 4) is 16.9 Å². The van der Waals surface area contributed by atoms with E-state index in [0.29, 0.717) is 19.3 Å². The zero-order valence-electron chi connectivity index (χ0n) is 23.7. The van der Waals surface area contributed by atoms with Gasteiger partial charge in [-0.05, 0) is 81.2 Å². The predicted octanol–water partition coefficient (Wildman–Crippen LogP) is 4.77. The molecule has 0 saturated carbocycles. The zero-order chi connectivity index (χ0) is 29.0. The molecule has 3 N–H and O–H groups in total. The fourth-order valence-corrected chi connectivity index (χ4v) is 5.93. The molecule has 7 nitrogen and oxygen atoms in total. The lowest BCUT2D eigenvalue weighted by Gasteiger charge is -2.32. The standard InChI is InChI=1S/C31H40F3N5O2/c1-37-16-18-38(19-17-37)21-23-5-10-28-26(20-23)27(24-6-8-25(9-7-24)41-31(32,33)34)22-39(28)15-3-2-4-29(40)30(35)11-13-36-14-12-30/h5-10,20,22,36H,2-4,11-19,21,35H2,1H3. The first-order chi connectivity index (χ1) is 19.6. The lowest BCUT2D eigenvalue weighted by Crippen LogP contribution is -2.54. The summed E-state index contributed by atoms with van der Waals surface area (Å²) >= 11 is 0. The molecule has 0 bridgehead atoms. The number of nitrogens with two attached hydrogens (primary N) is 1. The number of fused-ring (bicyclic) bond motifs is 1. The molecule has 5 rings (SSSR count). The van der Waals surface area contributed by atoms with Gasteiger partial charge in [0.05, 0.1) is 5.54 Å². The van der Waals surface area contributed by atoms with Gasteiger partial charge in [-0.1, -0.05) is 18.2 Å². The number of carbonyl (C=O) groups is 1. The van der Waals surface area contributed by atoms with E-state index >= 15 is 0 Å². The highest BCUT2D eigenvalue weighted by atomic mass is 19.4. The number of aryl methyl sites for hydroxylation is 1. The summed E-state index contributed by atoms with van der Waals surface area (Å²) in [6.07, 6.45) is 0.757. The summed E-state index contributed by atoms with van der Waals surface area (Å²) in [6, 6.07) is 12.6. The molecule has 3 heterocycles. The number of ether oxygens (including phenoxy) is 1. The van der Waals surface area contributed by atoms with Gasteiger partial charge in [0.25, 0.3) is 0 Å². The normalized spacial score (nSPS) is 18.6. The highest BCUT2D eigenvalue weighted by Gasteiger charge is 2.34. The summed E-state index contributed by atoms with van der Waals surface area (Å²) in [6.45, 7) is 7.26. The van der Waals surface area contributed by atoms with Crippen LogP contribution in [-0.4, -0.2) is 78.4 Å². The Balaban J connectivity index is 1.34. The van der Waals surface area contributed by atoms with Crippen molar-refractivity contribution in [1.82, 2.24) is 19.7 Å². The first-order valence-corrected chi connectivity index (χ1v) is 14.5. The Labute approximate surface area is 239 Å². The van der Waals surface area contributed by atoms with Crippen LogP contribution in [0, 0.1) is 0 Å². The second-order valence-corrected chi connectivity index (χ2v) is 11.5. The van der Waals surface area contributed by atoms with Gasteiger partial charge < -0.3 is 25.3 Å². The highest BCUT2D eigenvalue weighted by Crippen LogP contribution is 2.34. The van der Waals surface area contributed by atoms with Crippen molar-refractivity contribution in [2.45, 2.75) is 57.1 Å². The number of halogens is 3. The van der Waals surface area contributed by atoms with E-state index < -0.39 is 11.9 Å². The monoisotopic (exact) mass is 571 g/mol. The number of hydrogen-bond donors (Lipinski definition) is 2. The van der Waals surface area contributed by atoms with E-state index in [-0.39, 0.29) is 11.5 Å². The van der Waals surface area contributed by atoms with Crippen LogP contribution in [0.25, 0.3) is 22.0 Å². The summed E-state index contributed by atoms with van der Waals surface area (Å²) in [5.41, 5.74) is 9.75. The van der Waals surface area contributed by atoms with E-state index in [1.807, 2.05) is 0 Å². The number of aromatic nitrogens is 1. The van der Waals surface area contributed by atoms with Gasteiger partial charge in [-0.2, -0.15) is 0 Å². The smallest absolute Gasteiger partial charge is 0.406 e. The molecule has 2 aliphatic heterocycles. The summed E-state index contributed by atoms with van der Waals surface area (Å²) < 4.78 is 44.4. The molecule has 3 aromatic rings. The van der Waals surface area contributed by atoms with E-state index in [1.165, 1.54) is 17.7 Å². The van der Waals surface area contributed by atoms with Crippen molar-refractivity contribution in [1.29, 1.82) is 0 Å². The van der Waals surface area contributed by atoms with Crippen LogP contribution in [0.3, 0.4) is 0 Å². The number of Topliss-reactive ketones (excluding diaryl/α,β-unsaturated/α-hetero) is 1. The fourth-order valence-electron chi connectivity index (χ4n) is 5.93. The molecule has 10 heteroatoms. The van der Waals surface area contributed by atoms with E-state index in [4.69, 9.17) is 5.73 Å². The second-order valence-electron chi connectivity index (χ2n) is 11.5. The van der Waals surface area contributed by atoms with Crippen LogP contribution in [0.2, 0.25) is 0 Å². The Morgan fingerprint density at radius 2 is 1.73 bits per heavy atom. The summed E-state index contributed by atoms with van der Waals surface area (Å²) in [5.74, 6) is -0.0939. The quantitative estimate of drug-likeness (QED) is 0.342. The first kappa shape index (κ1) is 29.6. The van der Waals surface area contributed by atoms with Gasteiger partial charge in [0.15, 0.2) is 5.78 Å². The Morgan fingerprint density at radius 3 is 2.41 bits per heavy atom. The number of ketones is 1. The number of hydrogen-bond acceptors (Lipinski definition) is 6. The number of piperidine rings is 1. The molecule has 0 amide bonds. The lowest BCUT2D eigenvalue weighted by atomic mass is 9.83. The molecule has 1 aromatic heterocycles. The van der Waals surface area contributed by atoms with Crippen LogP contribution in [0.15, 0.2) is 48.7 Å². The van der Waals surface area contributed by atoms with Crippen LogP contribution in [-0.2, 0) is 17.9 Å². The van der Waals surface area contributed by atoms with Crippen molar-refractivity contribution >= 4 is 16.7 Å². The van der Waals surface area contributed by atoms with E-state index in [0.717, 1.165) is 87.2 Å². The fraction of sp³-hybridized carbons (Fsp3) is 0.516. The number of unbranched alkanes of at least 4 members (excludes halogenated alkanes) is 1. The Hall–Kier alpha value is -2.92. The molecule has 2 aliphatic rings. The third kappa shape index (κ3) is 7.48. The van der Waals surface area contributed by atoms with Crippen LogP contribution >= 0.6 is 0 Å². The molecule has 0 unspecified atom stereocenters. The number of piperazine rings is 1. The summed E-state index contributed by atoms with van der Waals surface area (Å²) in [7, 11) is 2.14. The van der Waals surface area contributed by atoms with Crippen molar-refractivity contribution in [3.63, 3.8) is 0 Å². The van der Waals surface area contributed by atoms with Crippen LogP contribution < -0.4 is 15.8 Å². The Bertz CT molecular complexity index is 1320. The van der Waals surface area contributed by atoms with Gasteiger partial charge in [-0.25, -0.2) is 0 Å². The van der Waals surface area contributed by atoms with Gasteiger partial charge in [-0.15, -0.1) is 13.2 Å². The largest absolute Gasteiger partial charge is 0.573 e. The van der Waals surface area contributed by atoms with E-state index in [9.17, 15) is 18.0 Å². The molecule has 2 aromatic carbocycles. The molecule has 222 valence electrons. The number of carbonyl (C=O) groups excluding carboxylic acids is 1. The van der Waals surface area contributed by atoms with E-state index in [1.54, 1.807) is 12.1 Å². The Morgan fingerprint density at radius 1 is 1.02 bits per heavy atom. The number of rotatable bonds is 10. The van der Waals surface area contributed by atoms with E-state index in [2.05, 4.69) is 55.9 Å². The minimum atomic E-state index is -4.73. The zero-order valence-corrected chi connectivity index (χ0v) is 23.7. The third-order valence-electron chi connectivity index (χ3n) is 8.45. The summed E-state index contributed by atoms with van der Waals surface area (Å²) in [4.78, 5) is 17.6. The SMILES string of the molecule is CN1CCN(Cc2ccc3c(c2)c(-c2ccc(OC(F)(F)F)cc2)cn3CCCCC(=O)C2(N)CCNCC2)CC1. The topological polar surface area (TPSA) is 75.8 Å². The number of likely N-dealkylation sites (N-methyl/N-ethyl adjacent to an activating group) is 1. The average Bonchev–Trinajstić information content (AvgIpc) is 3.30. The number of nitrogens with one attached hydrogen (secondary N) is 1. The maximum absolute atomic E-state index is 12.8. The number of nitrogens with zero attached hydrogens (tertiary/aromatic N) is 3. The predicted molar refractivity (Wildman–Crippen MR) is 155 cm³/mol. The van der Waals surface area contributed by atoms with Gasteiger partial charge in [-0.3, -0.25) is 9.69 Å². The second kappa shape index (κ2) is 12.5. The van der Waals surface area contributed by atoms with Crippen LogP contribution in [0.4, 0.5) is 13.2 Å². The Kier molecular flexibility index (Phi) is 9.03. The minimum Gasteiger partial charge on any atom is -0.406 e. The maximum atomic E-state index is 12.8. The van der Waals surface area contributed by atoms with Crippen molar-refractivity contribution in [2.75, 3.05) is 46.3 Å². The van der Waals surface area contributed by atoms with Gasteiger partial charge in [0.2, 0.25) is 0 Å². The molecule has 0 atom stereocenters. The van der Waals surface area contributed by atoms with Gasteiger partial charge in [0, 0.05) is 68.4 Å². The van der Waals surface area contributed by atoms with Crippen molar-refractivity contribution in [2.24, 2.45) is 5.73 Å². The van der Waals surface area contributed by atoms with Gasteiger partial charge >= 0.3 is 6.36 Å². The lowest BCUT2D eigenvalue weighted by molar-refractivity contribution is -0.274. The molecule has 2 saturated heterocycles. The molecule has 0 radical (unpaired) electrons. The average molecular weight is 572 g/mol. The highest BCUT2D eigenvalue weighted by molar-refractivity contribution is 5.96. The third-order valence-corrected chi connectivity index (χ3v) is 8.45. The number of benzene rings is 2. The number of alkyl halides is 3. The molecule has 0 spiro atoms. The molecule has 41 heavy (non-hydrogen) atoms. The van der Waals surface area contributed by atoms with Crippen LogP contribution in [0.5, 0.6) is 5.75 Å². The maximum Gasteiger partial charge on any atom is 0.573 e. The van der Waals surface area contributed by atoms with Gasteiger partial charge in [0.1, 0.15) is 5.75 Å². The van der Waals surface area contributed by atoms with Crippen LogP contribution in [0.1, 0.15) is 37.7 Å². The molecular weight excluding hydrogens is 531 g/mol. The molecular formula is C31H40F3N5O2. The molecule has 2 fully saturated rings. The molecule has 0 aliphatic carbocycles. The van der Waals surface area contributed by atoms with Crippen molar-refractivity contribution < 1.29 is 22.7 Å². The minimum absolute atomic E-state index is 0.145. The first-order valence-electron chi connectivity index (χ1n) is 14.5. The van der Waals surface area contributed by atoms with Crippen molar-refractivity contribution in [3.05, 3.63) is 54.2 Å².